The molecule has 1 aromatic rings. The number of hydrogen-bond donors (Lipinski definition) is 4. The van der Waals surface area contributed by atoms with Crippen molar-refractivity contribution in [2.75, 3.05) is 13.7 Å². The largest absolute Gasteiger partial charge is 0.504 e. The van der Waals surface area contributed by atoms with Crippen LogP contribution in [0.25, 0.3) is 0 Å². The van der Waals surface area contributed by atoms with Crippen molar-refractivity contribution in [1.82, 2.24) is 0 Å². The van der Waals surface area contributed by atoms with Crippen LogP contribution in [0.2, 0.25) is 0 Å². The first-order valence-electron chi connectivity index (χ1n) is 7.16. The van der Waals surface area contributed by atoms with Crippen LogP contribution in [0.5, 0.6) is 11.5 Å². The molecule has 2 aliphatic rings. The molecule has 0 aromatic heterocycles. The topological polar surface area (TPSA) is 126 Å². The normalized spacial score (nSPS) is 37.0. The van der Waals surface area contributed by atoms with Gasteiger partial charge in [0.2, 0.25) is 5.79 Å². The van der Waals surface area contributed by atoms with Gasteiger partial charge in [-0.25, -0.2) is 0 Å². The van der Waals surface area contributed by atoms with Crippen molar-refractivity contribution >= 4 is 5.97 Å². The van der Waals surface area contributed by atoms with Gasteiger partial charge in [0.05, 0.1) is 26.1 Å². The molecule has 0 aliphatic carbocycles. The van der Waals surface area contributed by atoms with Gasteiger partial charge in [-0.2, -0.15) is 0 Å². The van der Waals surface area contributed by atoms with Crippen molar-refractivity contribution in [1.29, 1.82) is 0 Å². The summed E-state index contributed by atoms with van der Waals surface area (Å²) in [6.45, 7) is -0.281. The number of carbonyl (C=O) groups is 1. The third-order valence-electron chi connectivity index (χ3n) is 4.35. The molecule has 3 rings (SSSR count). The number of aromatic hydroxyl groups is 1. The highest BCUT2D eigenvalue weighted by atomic mass is 16.7. The SMILES string of the molecule is COc1cc([C@H]2CC(=O)O[C@@]23OCC(O)C(O)[C@@H]3O)ccc1O. The lowest BCUT2D eigenvalue weighted by molar-refractivity contribution is -0.320. The molecular weight excluding hydrogens is 308 g/mol. The molecule has 8 heteroatoms. The van der Waals surface area contributed by atoms with Gasteiger partial charge in [0.25, 0.3) is 0 Å². The molecule has 23 heavy (non-hydrogen) atoms. The molecule has 2 saturated heterocycles. The van der Waals surface area contributed by atoms with Gasteiger partial charge in [-0.15, -0.1) is 0 Å². The van der Waals surface area contributed by atoms with Gasteiger partial charge >= 0.3 is 5.97 Å². The number of aliphatic hydroxyl groups excluding tert-OH is 3. The van der Waals surface area contributed by atoms with Crippen LogP contribution in [0, 0.1) is 0 Å². The van der Waals surface area contributed by atoms with Crippen molar-refractivity contribution in [2.45, 2.75) is 36.4 Å². The Kier molecular flexibility index (Phi) is 3.93. The second-order valence-electron chi connectivity index (χ2n) is 5.70. The standard InChI is InChI=1S/C15H18O8/c1-21-11-4-7(2-3-9(11)16)8-5-12(18)23-15(8)14(20)13(19)10(17)6-22-15/h2-4,8,10,13-14,16-17,19-20H,5-6H2,1H3/t8-,10?,13?,14+,15+/m1/s1. The van der Waals surface area contributed by atoms with E-state index in [2.05, 4.69) is 0 Å². The van der Waals surface area contributed by atoms with E-state index in [1.807, 2.05) is 0 Å². The number of phenols is 1. The average molecular weight is 326 g/mol. The zero-order chi connectivity index (χ0) is 16.8. The minimum absolute atomic E-state index is 0.0730. The molecule has 0 amide bonds. The fourth-order valence-electron chi connectivity index (χ4n) is 3.11. The van der Waals surface area contributed by atoms with Crippen LogP contribution < -0.4 is 4.74 Å². The second-order valence-corrected chi connectivity index (χ2v) is 5.70. The fraction of sp³-hybridized carbons (Fsp3) is 0.533. The Balaban J connectivity index is 2.02. The summed E-state index contributed by atoms with van der Waals surface area (Å²) in [7, 11) is 1.39. The quantitative estimate of drug-likeness (QED) is 0.523. The van der Waals surface area contributed by atoms with Crippen LogP contribution in [0.4, 0.5) is 0 Å². The maximum Gasteiger partial charge on any atom is 0.309 e. The van der Waals surface area contributed by atoms with Gasteiger partial charge in [-0.3, -0.25) is 4.79 Å². The van der Waals surface area contributed by atoms with Crippen LogP contribution in [-0.2, 0) is 14.3 Å². The highest BCUT2D eigenvalue weighted by Crippen LogP contribution is 2.48. The summed E-state index contributed by atoms with van der Waals surface area (Å²) in [6.07, 6.45) is -4.46. The molecule has 8 nitrogen and oxygen atoms in total. The molecule has 2 aliphatic heterocycles. The van der Waals surface area contributed by atoms with E-state index in [0.717, 1.165) is 0 Å². The number of methoxy groups -OCH3 is 1. The third kappa shape index (κ3) is 2.43. The minimum atomic E-state index is -1.78. The first-order valence-corrected chi connectivity index (χ1v) is 7.16. The molecule has 0 bridgehead atoms. The Labute approximate surface area is 131 Å². The maximum absolute atomic E-state index is 11.8. The van der Waals surface area contributed by atoms with E-state index < -0.39 is 36.0 Å². The molecule has 0 radical (unpaired) electrons. The number of aliphatic hydroxyl groups is 3. The zero-order valence-electron chi connectivity index (χ0n) is 12.4. The van der Waals surface area contributed by atoms with Crippen LogP contribution in [-0.4, -0.2) is 64.2 Å². The summed E-state index contributed by atoms with van der Waals surface area (Å²) in [5, 5.41) is 39.6. The number of carbonyl (C=O) groups excluding carboxylic acids is 1. The Hall–Kier alpha value is -1.87. The Morgan fingerprint density at radius 3 is 2.74 bits per heavy atom. The van der Waals surface area contributed by atoms with Crippen LogP contribution >= 0.6 is 0 Å². The smallest absolute Gasteiger partial charge is 0.309 e. The predicted molar refractivity (Wildman–Crippen MR) is 74.8 cm³/mol. The zero-order valence-corrected chi connectivity index (χ0v) is 12.4. The molecule has 5 atom stereocenters. The summed E-state index contributed by atoms with van der Waals surface area (Å²) in [5.74, 6) is -2.97. The Morgan fingerprint density at radius 1 is 1.30 bits per heavy atom. The van der Waals surface area contributed by atoms with E-state index >= 15 is 0 Å². The van der Waals surface area contributed by atoms with Crippen molar-refractivity contribution in [3.05, 3.63) is 23.8 Å². The number of esters is 1. The van der Waals surface area contributed by atoms with Gasteiger partial charge in [-0.05, 0) is 17.7 Å². The highest BCUT2D eigenvalue weighted by molar-refractivity contribution is 5.74. The summed E-state index contributed by atoms with van der Waals surface area (Å²) < 4.78 is 15.7. The molecule has 0 saturated carbocycles. The average Bonchev–Trinajstić information content (AvgIpc) is 2.87. The number of rotatable bonds is 2. The molecule has 4 N–H and O–H groups in total. The summed E-state index contributed by atoms with van der Waals surface area (Å²) in [5.41, 5.74) is 0.535. The molecule has 1 spiro atoms. The lowest BCUT2D eigenvalue weighted by Gasteiger charge is -2.44. The molecule has 2 unspecified atom stereocenters. The van der Waals surface area contributed by atoms with Gasteiger partial charge < -0.3 is 34.6 Å². The van der Waals surface area contributed by atoms with E-state index in [0.29, 0.717) is 5.56 Å². The fourth-order valence-corrected chi connectivity index (χ4v) is 3.11. The van der Waals surface area contributed by atoms with Crippen molar-refractivity contribution in [2.24, 2.45) is 0 Å². The molecule has 1 aromatic carbocycles. The molecular formula is C15H18O8. The summed E-state index contributed by atoms with van der Waals surface area (Å²) in [4.78, 5) is 11.8. The van der Waals surface area contributed by atoms with E-state index in [4.69, 9.17) is 14.2 Å². The molecule has 126 valence electrons. The van der Waals surface area contributed by atoms with E-state index in [-0.39, 0.29) is 24.5 Å². The van der Waals surface area contributed by atoms with Crippen LogP contribution in [0.3, 0.4) is 0 Å². The Morgan fingerprint density at radius 2 is 2.04 bits per heavy atom. The van der Waals surface area contributed by atoms with Crippen LogP contribution in [0.15, 0.2) is 18.2 Å². The van der Waals surface area contributed by atoms with Crippen molar-refractivity contribution in [3.63, 3.8) is 0 Å². The van der Waals surface area contributed by atoms with E-state index in [1.54, 1.807) is 6.07 Å². The summed E-state index contributed by atoms with van der Waals surface area (Å²) >= 11 is 0. The van der Waals surface area contributed by atoms with Gasteiger partial charge in [0.1, 0.15) is 18.3 Å². The number of phenolic OH excluding ortho intramolecular Hbond substituents is 1. The lowest BCUT2D eigenvalue weighted by atomic mass is 9.82. The van der Waals surface area contributed by atoms with Gasteiger partial charge in [0, 0.05) is 0 Å². The van der Waals surface area contributed by atoms with E-state index in [9.17, 15) is 25.2 Å². The lowest BCUT2D eigenvalue weighted by Crippen LogP contribution is -2.62. The van der Waals surface area contributed by atoms with Gasteiger partial charge in [-0.1, -0.05) is 6.07 Å². The first-order chi connectivity index (χ1) is 10.9. The maximum atomic E-state index is 11.8. The van der Waals surface area contributed by atoms with Crippen LogP contribution in [0.1, 0.15) is 17.9 Å². The Bertz CT molecular complexity index is 617. The third-order valence-corrected chi connectivity index (χ3v) is 4.35. The van der Waals surface area contributed by atoms with Gasteiger partial charge in [0.15, 0.2) is 11.5 Å². The summed E-state index contributed by atoms with van der Waals surface area (Å²) in [6, 6.07) is 4.46. The van der Waals surface area contributed by atoms with Crippen molar-refractivity contribution in [3.8, 4) is 11.5 Å². The van der Waals surface area contributed by atoms with E-state index in [1.165, 1.54) is 19.2 Å². The second kappa shape index (κ2) is 5.64. The monoisotopic (exact) mass is 326 g/mol. The number of ether oxygens (including phenoxy) is 3. The minimum Gasteiger partial charge on any atom is -0.504 e. The predicted octanol–water partition coefficient (Wildman–Crippen LogP) is -0.760. The highest BCUT2D eigenvalue weighted by Gasteiger charge is 2.61. The number of hydrogen-bond acceptors (Lipinski definition) is 8. The first kappa shape index (κ1) is 16.0. The van der Waals surface area contributed by atoms with Crippen molar-refractivity contribution < 1.29 is 39.4 Å². The molecule has 2 fully saturated rings. The number of benzene rings is 1. The molecule has 2 heterocycles.